The fourth-order valence-corrected chi connectivity index (χ4v) is 2.69. The molecule has 0 aliphatic rings. The van der Waals surface area contributed by atoms with Crippen LogP contribution < -0.4 is 10.1 Å². The van der Waals surface area contributed by atoms with Crippen LogP contribution in [0.4, 0.5) is 18.9 Å². The van der Waals surface area contributed by atoms with E-state index in [0.29, 0.717) is 5.75 Å². The summed E-state index contributed by atoms with van der Waals surface area (Å²) in [6, 6.07) is 8.61. The summed E-state index contributed by atoms with van der Waals surface area (Å²) in [6.07, 6.45) is -4.51. The average Bonchev–Trinajstić information content (AvgIpc) is 2.48. The van der Waals surface area contributed by atoms with Gasteiger partial charge in [-0.2, -0.15) is 13.2 Å². The predicted molar refractivity (Wildman–Crippen MR) is 104 cm³/mol. The summed E-state index contributed by atoms with van der Waals surface area (Å²) >= 11 is 2.06. The van der Waals surface area contributed by atoms with E-state index < -0.39 is 17.6 Å². The summed E-state index contributed by atoms with van der Waals surface area (Å²) in [7, 11) is 0. The molecular formula is C19H19F3INO2. The van der Waals surface area contributed by atoms with E-state index in [2.05, 4.69) is 27.9 Å². The highest BCUT2D eigenvalue weighted by Gasteiger charge is 2.31. The number of amides is 1. The van der Waals surface area contributed by atoms with Crippen molar-refractivity contribution in [2.75, 3.05) is 5.32 Å². The standard InChI is InChI=1S/C19H19F3INO2/c1-11(25)24-15-8-6-13(19(20,21)22)10-17(15)26-16-9-12(18(2,3)4)5-7-14(16)23/h5-10H,1-4H3,(H,24,25). The van der Waals surface area contributed by atoms with Gasteiger partial charge in [0.05, 0.1) is 14.8 Å². The van der Waals surface area contributed by atoms with Gasteiger partial charge in [-0.25, -0.2) is 0 Å². The van der Waals surface area contributed by atoms with Crippen molar-refractivity contribution < 1.29 is 22.7 Å². The van der Waals surface area contributed by atoms with Crippen LogP contribution in [-0.2, 0) is 16.4 Å². The van der Waals surface area contributed by atoms with Crippen LogP contribution >= 0.6 is 22.6 Å². The van der Waals surface area contributed by atoms with Gasteiger partial charge in [0.25, 0.3) is 0 Å². The van der Waals surface area contributed by atoms with Crippen molar-refractivity contribution in [2.24, 2.45) is 0 Å². The highest BCUT2D eigenvalue weighted by Crippen LogP contribution is 2.39. The van der Waals surface area contributed by atoms with Crippen molar-refractivity contribution in [2.45, 2.75) is 39.3 Å². The molecule has 3 nitrogen and oxygen atoms in total. The van der Waals surface area contributed by atoms with Crippen LogP contribution in [0.1, 0.15) is 38.8 Å². The average molecular weight is 477 g/mol. The minimum Gasteiger partial charge on any atom is -0.454 e. The summed E-state index contributed by atoms with van der Waals surface area (Å²) in [5.41, 5.74) is 0.184. The Bertz CT molecular complexity index is 827. The highest BCUT2D eigenvalue weighted by atomic mass is 127. The molecule has 1 N–H and O–H groups in total. The first-order valence-electron chi connectivity index (χ1n) is 7.84. The minimum atomic E-state index is -4.51. The number of halogens is 4. The minimum absolute atomic E-state index is 0.0565. The number of carbonyl (C=O) groups is 1. The summed E-state index contributed by atoms with van der Waals surface area (Å²) in [5.74, 6) is -0.0179. The summed E-state index contributed by atoms with van der Waals surface area (Å²) in [4.78, 5) is 11.4. The van der Waals surface area contributed by atoms with E-state index in [9.17, 15) is 18.0 Å². The van der Waals surface area contributed by atoms with E-state index in [1.54, 1.807) is 6.07 Å². The lowest BCUT2D eigenvalue weighted by atomic mass is 9.87. The third-order valence-electron chi connectivity index (χ3n) is 3.64. The van der Waals surface area contributed by atoms with Crippen LogP contribution in [0.3, 0.4) is 0 Å². The van der Waals surface area contributed by atoms with Crippen molar-refractivity contribution in [3.8, 4) is 11.5 Å². The quantitative estimate of drug-likeness (QED) is 0.523. The maximum absolute atomic E-state index is 13.1. The Kier molecular flexibility index (Phi) is 5.89. The molecule has 0 aliphatic carbocycles. The lowest BCUT2D eigenvalue weighted by Gasteiger charge is -2.21. The maximum atomic E-state index is 13.1. The second-order valence-electron chi connectivity index (χ2n) is 6.89. The van der Waals surface area contributed by atoms with Crippen LogP contribution in [0.5, 0.6) is 11.5 Å². The van der Waals surface area contributed by atoms with Gasteiger partial charge in [-0.1, -0.05) is 26.8 Å². The van der Waals surface area contributed by atoms with Gasteiger partial charge < -0.3 is 10.1 Å². The van der Waals surface area contributed by atoms with Gasteiger partial charge in [0.2, 0.25) is 5.91 Å². The molecule has 2 rings (SSSR count). The van der Waals surface area contributed by atoms with Gasteiger partial charge in [0.1, 0.15) is 5.75 Å². The van der Waals surface area contributed by atoms with Crippen LogP contribution in [0.2, 0.25) is 0 Å². The molecule has 2 aromatic rings. The molecular weight excluding hydrogens is 458 g/mol. The molecule has 0 bridgehead atoms. The Hall–Kier alpha value is -1.77. The lowest BCUT2D eigenvalue weighted by Crippen LogP contribution is -2.12. The van der Waals surface area contributed by atoms with E-state index in [0.717, 1.165) is 21.3 Å². The number of alkyl halides is 3. The molecule has 0 aliphatic heterocycles. The van der Waals surface area contributed by atoms with E-state index in [4.69, 9.17) is 4.74 Å². The van der Waals surface area contributed by atoms with Crippen molar-refractivity contribution in [1.29, 1.82) is 0 Å². The van der Waals surface area contributed by atoms with Gasteiger partial charge in [0.15, 0.2) is 5.75 Å². The third-order valence-corrected chi connectivity index (χ3v) is 4.53. The van der Waals surface area contributed by atoms with E-state index in [1.807, 2.05) is 32.9 Å². The first kappa shape index (κ1) is 20.5. The molecule has 7 heteroatoms. The summed E-state index contributed by atoms with van der Waals surface area (Å²) < 4.78 is 45.7. The highest BCUT2D eigenvalue weighted by molar-refractivity contribution is 14.1. The largest absolute Gasteiger partial charge is 0.454 e. The SMILES string of the molecule is CC(=O)Nc1ccc(C(F)(F)F)cc1Oc1cc(C(C)(C)C)ccc1I. The Morgan fingerprint density at radius 1 is 1.00 bits per heavy atom. The summed E-state index contributed by atoms with van der Waals surface area (Å²) in [5, 5.41) is 2.50. The van der Waals surface area contributed by atoms with Crippen molar-refractivity contribution in [3.63, 3.8) is 0 Å². The van der Waals surface area contributed by atoms with Crippen molar-refractivity contribution in [1.82, 2.24) is 0 Å². The molecule has 0 atom stereocenters. The maximum Gasteiger partial charge on any atom is 0.416 e. The summed E-state index contributed by atoms with van der Waals surface area (Å²) in [6.45, 7) is 7.38. The van der Waals surface area contributed by atoms with Gasteiger partial charge in [-0.15, -0.1) is 0 Å². The van der Waals surface area contributed by atoms with Crippen LogP contribution in [0.15, 0.2) is 36.4 Å². The fraction of sp³-hybridized carbons (Fsp3) is 0.316. The Morgan fingerprint density at radius 2 is 1.58 bits per heavy atom. The molecule has 0 radical (unpaired) electrons. The van der Waals surface area contributed by atoms with Gasteiger partial charge in [-0.3, -0.25) is 4.79 Å². The molecule has 0 saturated carbocycles. The second kappa shape index (κ2) is 7.46. The molecule has 140 valence electrons. The molecule has 0 aromatic heterocycles. The van der Waals surface area contributed by atoms with Crippen LogP contribution in [-0.4, -0.2) is 5.91 Å². The molecule has 0 fully saturated rings. The van der Waals surface area contributed by atoms with Crippen molar-refractivity contribution >= 4 is 34.2 Å². The Labute approximate surface area is 164 Å². The molecule has 26 heavy (non-hydrogen) atoms. The van der Waals surface area contributed by atoms with E-state index in [1.165, 1.54) is 13.0 Å². The second-order valence-corrected chi connectivity index (χ2v) is 8.05. The molecule has 0 heterocycles. The number of hydrogen-bond acceptors (Lipinski definition) is 2. The van der Waals surface area contributed by atoms with Crippen molar-refractivity contribution in [3.05, 3.63) is 51.1 Å². The van der Waals surface area contributed by atoms with Gasteiger partial charge in [-0.05, 0) is 63.9 Å². The monoisotopic (exact) mass is 477 g/mol. The smallest absolute Gasteiger partial charge is 0.416 e. The Balaban J connectivity index is 2.51. The normalized spacial score (nSPS) is 12.0. The first-order chi connectivity index (χ1) is 11.9. The van der Waals surface area contributed by atoms with Crippen LogP contribution in [0, 0.1) is 3.57 Å². The first-order valence-corrected chi connectivity index (χ1v) is 8.92. The Morgan fingerprint density at radius 3 is 2.12 bits per heavy atom. The predicted octanol–water partition coefficient (Wildman–Crippen LogP) is 6.36. The zero-order chi connectivity index (χ0) is 19.7. The van der Waals surface area contributed by atoms with Gasteiger partial charge in [0, 0.05) is 6.92 Å². The van der Waals surface area contributed by atoms with E-state index >= 15 is 0 Å². The van der Waals surface area contributed by atoms with E-state index in [-0.39, 0.29) is 16.9 Å². The number of carbonyl (C=O) groups excluding carboxylic acids is 1. The third kappa shape index (κ3) is 5.12. The fourth-order valence-electron chi connectivity index (χ4n) is 2.24. The number of rotatable bonds is 3. The number of anilines is 1. The zero-order valence-corrected chi connectivity index (χ0v) is 16.9. The molecule has 0 saturated heterocycles. The molecule has 2 aromatic carbocycles. The molecule has 0 spiro atoms. The number of benzene rings is 2. The topological polar surface area (TPSA) is 38.3 Å². The number of hydrogen-bond donors (Lipinski definition) is 1. The number of nitrogens with one attached hydrogen (secondary N) is 1. The van der Waals surface area contributed by atoms with Gasteiger partial charge >= 0.3 is 6.18 Å². The molecule has 1 amide bonds. The number of ether oxygens (including phenoxy) is 1. The molecule has 0 unspecified atom stereocenters. The zero-order valence-electron chi connectivity index (χ0n) is 14.8. The lowest BCUT2D eigenvalue weighted by molar-refractivity contribution is -0.137. The van der Waals surface area contributed by atoms with Crippen LogP contribution in [0.25, 0.3) is 0 Å².